The molecule has 0 saturated carbocycles. The Morgan fingerprint density at radius 1 is 1.35 bits per heavy atom. The lowest BCUT2D eigenvalue weighted by molar-refractivity contribution is 0.0918. The fourth-order valence-electron chi connectivity index (χ4n) is 3.54. The standard InChI is InChI=1S/C22H23N7O2/c1-13-10-26-22(31)19-8-14-6-7-18(28-20(14)29(13)19)21(30)27-16(9-23)12-25-11-15-4-2-3-5-17(15)24/h2-9,12-13,23,25H,10-11,24H2,1H3,(H,26,31)(H,27,30)/b16-12+,23-9?/t13-/m1/s1. The second-order valence-corrected chi connectivity index (χ2v) is 7.35. The first-order valence-electron chi connectivity index (χ1n) is 9.87. The highest BCUT2D eigenvalue weighted by Gasteiger charge is 2.25. The number of hydrogen-bond acceptors (Lipinski definition) is 6. The number of nitrogen functional groups attached to an aromatic ring is 1. The molecule has 0 fully saturated rings. The number of aromatic nitrogens is 2. The number of pyridine rings is 1. The van der Waals surface area contributed by atoms with Crippen molar-refractivity contribution in [2.45, 2.75) is 19.5 Å². The molecule has 1 aromatic carbocycles. The predicted octanol–water partition coefficient (Wildman–Crippen LogP) is 1.93. The van der Waals surface area contributed by atoms with Crippen LogP contribution in [0.25, 0.3) is 11.0 Å². The molecule has 4 rings (SSSR count). The number of fused-ring (bicyclic) bond motifs is 3. The first kappa shape index (κ1) is 20.1. The number of nitrogens with one attached hydrogen (secondary N) is 4. The maximum atomic E-state index is 12.7. The highest BCUT2D eigenvalue weighted by molar-refractivity contribution is 6.01. The van der Waals surface area contributed by atoms with Gasteiger partial charge in [-0.1, -0.05) is 18.2 Å². The van der Waals surface area contributed by atoms with Crippen molar-refractivity contribution >= 4 is 34.7 Å². The Bertz CT molecular complexity index is 1210. The summed E-state index contributed by atoms with van der Waals surface area (Å²) in [4.78, 5) is 29.4. The quantitative estimate of drug-likeness (QED) is 0.308. The van der Waals surface area contributed by atoms with Crippen LogP contribution >= 0.6 is 0 Å². The fraction of sp³-hybridized carbons (Fsp3) is 0.182. The van der Waals surface area contributed by atoms with Crippen molar-refractivity contribution in [2.24, 2.45) is 0 Å². The zero-order chi connectivity index (χ0) is 22.0. The highest BCUT2D eigenvalue weighted by Crippen LogP contribution is 2.25. The lowest BCUT2D eigenvalue weighted by Gasteiger charge is -2.23. The average molecular weight is 417 g/mol. The van der Waals surface area contributed by atoms with Gasteiger partial charge in [-0.2, -0.15) is 0 Å². The Hall–Kier alpha value is -4.14. The topological polar surface area (TPSA) is 138 Å². The maximum Gasteiger partial charge on any atom is 0.274 e. The molecule has 3 aromatic rings. The third-order valence-electron chi connectivity index (χ3n) is 5.17. The summed E-state index contributed by atoms with van der Waals surface area (Å²) in [6.07, 6.45) is 2.59. The highest BCUT2D eigenvalue weighted by atomic mass is 16.2. The molecule has 158 valence electrons. The van der Waals surface area contributed by atoms with Crippen molar-refractivity contribution in [1.82, 2.24) is 25.5 Å². The molecule has 1 atom stereocenters. The van der Waals surface area contributed by atoms with E-state index in [0.717, 1.165) is 17.2 Å². The molecule has 9 nitrogen and oxygen atoms in total. The molecule has 0 unspecified atom stereocenters. The number of allylic oxidation sites excluding steroid dienone is 1. The molecule has 2 aromatic heterocycles. The number of nitrogens with zero attached hydrogens (tertiary/aromatic N) is 2. The van der Waals surface area contributed by atoms with Gasteiger partial charge in [0.2, 0.25) is 0 Å². The molecule has 1 aliphatic heterocycles. The molecular formula is C22H23N7O2. The summed E-state index contributed by atoms with van der Waals surface area (Å²) in [5.41, 5.74) is 9.10. The normalized spacial score (nSPS) is 15.8. The molecule has 0 aliphatic carbocycles. The van der Waals surface area contributed by atoms with Crippen LogP contribution in [0.15, 0.2) is 54.4 Å². The van der Waals surface area contributed by atoms with E-state index in [-0.39, 0.29) is 23.3 Å². The average Bonchev–Trinajstić information content (AvgIpc) is 3.17. The van der Waals surface area contributed by atoms with Gasteiger partial charge >= 0.3 is 0 Å². The van der Waals surface area contributed by atoms with E-state index >= 15 is 0 Å². The van der Waals surface area contributed by atoms with Crippen molar-refractivity contribution < 1.29 is 9.59 Å². The van der Waals surface area contributed by atoms with Crippen LogP contribution in [0.2, 0.25) is 0 Å². The molecule has 0 bridgehead atoms. The van der Waals surface area contributed by atoms with Gasteiger partial charge < -0.3 is 31.7 Å². The van der Waals surface area contributed by atoms with Crippen molar-refractivity contribution in [3.63, 3.8) is 0 Å². The Morgan fingerprint density at radius 3 is 2.94 bits per heavy atom. The smallest absolute Gasteiger partial charge is 0.274 e. The number of para-hydroxylation sites is 1. The summed E-state index contributed by atoms with van der Waals surface area (Å²) in [7, 11) is 0. The van der Waals surface area contributed by atoms with Gasteiger partial charge in [-0.15, -0.1) is 0 Å². The Morgan fingerprint density at radius 2 is 2.16 bits per heavy atom. The fourth-order valence-corrected chi connectivity index (χ4v) is 3.54. The van der Waals surface area contributed by atoms with Crippen LogP contribution in [-0.4, -0.2) is 34.1 Å². The molecule has 2 amide bonds. The number of amides is 2. The van der Waals surface area contributed by atoms with Gasteiger partial charge in [0.25, 0.3) is 11.8 Å². The van der Waals surface area contributed by atoms with E-state index < -0.39 is 5.91 Å². The lowest BCUT2D eigenvalue weighted by atomic mass is 10.2. The van der Waals surface area contributed by atoms with E-state index in [1.807, 2.05) is 35.8 Å². The number of benzene rings is 1. The molecule has 1 aliphatic rings. The first-order chi connectivity index (χ1) is 15.0. The molecular weight excluding hydrogens is 394 g/mol. The van der Waals surface area contributed by atoms with Gasteiger partial charge in [0, 0.05) is 36.6 Å². The number of carbonyl (C=O) groups is 2. The molecule has 0 radical (unpaired) electrons. The Labute approximate surface area is 178 Å². The third kappa shape index (κ3) is 3.97. The van der Waals surface area contributed by atoms with Crippen LogP contribution in [0.4, 0.5) is 5.69 Å². The molecule has 6 N–H and O–H groups in total. The van der Waals surface area contributed by atoms with E-state index in [1.165, 1.54) is 0 Å². The number of anilines is 1. The minimum Gasteiger partial charge on any atom is -0.398 e. The number of nitrogens with two attached hydrogens (primary N) is 1. The molecule has 0 spiro atoms. The maximum absolute atomic E-state index is 12.7. The summed E-state index contributed by atoms with van der Waals surface area (Å²) in [6.45, 7) is 2.95. The van der Waals surface area contributed by atoms with Crippen molar-refractivity contribution in [3.8, 4) is 0 Å². The molecule has 0 saturated heterocycles. The predicted molar refractivity (Wildman–Crippen MR) is 119 cm³/mol. The minimum absolute atomic E-state index is 0.0302. The summed E-state index contributed by atoms with van der Waals surface area (Å²) in [6, 6.07) is 12.6. The molecule has 3 heterocycles. The van der Waals surface area contributed by atoms with Crippen molar-refractivity contribution in [2.75, 3.05) is 12.3 Å². The van der Waals surface area contributed by atoms with Crippen LogP contribution in [0, 0.1) is 5.41 Å². The van der Waals surface area contributed by atoms with Gasteiger partial charge in [-0.25, -0.2) is 4.98 Å². The first-order valence-corrected chi connectivity index (χ1v) is 9.87. The van der Waals surface area contributed by atoms with E-state index in [4.69, 9.17) is 11.1 Å². The monoisotopic (exact) mass is 417 g/mol. The van der Waals surface area contributed by atoms with Gasteiger partial charge in [-0.3, -0.25) is 9.59 Å². The van der Waals surface area contributed by atoms with E-state index in [2.05, 4.69) is 20.9 Å². The van der Waals surface area contributed by atoms with Gasteiger partial charge in [0.05, 0.1) is 11.7 Å². The zero-order valence-electron chi connectivity index (χ0n) is 17.0. The Balaban J connectivity index is 1.52. The SMILES string of the molecule is C[C@@H]1CNC(=O)c2cc3ccc(C(=O)N/C(C=N)=C/NCc4ccccc4N)nc3n21. The summed E-state index contributed by atoms with van der Waals surface area (Å²) in [5, 5.41) is 16.9. The summed E-state index contributed by atoms with van der Waals surface area (Å²) < 4.78 is 1.85. The zero-order valence-corrected chi connectivity index (χ0v) is 17.0. The van der Waals surface area contributed by atoms with E-state index in [1.54, 1.807) is 24.4 Å². The largest absolute Gasteiger partial charge is 0.398 e. The number of carbonyl (C=O) groups excluding carboxylic acids is 2. The molecule has 9 heteroatoms. The lowest BCUT2D eigenvalue weighted by Crippen LogP contribution is -2.37. The molecule has 31 heavy (non-hydrogen) atoms. The van der Waals surface area contributed by atoms with Gasteiger partial charge in [-0.05, 0) is 36.8 Å². The van der Waals surface area contributed by atoms with Crippen molar-refractivity contribution in [3.05, 3.63) is 71.3 Å². The minimum atomic E-state index is -0.443. The Kier molecular flexibility index (Phi) is 5.40. The second-order valence-electron chi connectivity index (χ2n) is 7.35. The van der Waals surface area contributed by atoms with Crippen LogP contribution in [-0.2, 0) is 6.54 Å². The number of rotatable bonds is 6. The third-order valence-corrected chi connectivity index (χ3v) is 5.17. The van der Waals surface area contributed by atoms with Crippen molar-refractivity contribution in [1.29, 1.82) is 5.41 Å². The van der Waals surface area contributed by atoms with E-state index in [9.17, 15) is 9.59 Å². The van der Waals surface area contributed by atoms with Gasteiger partial charge in [0.15, 0.2) is 0 Å². The summed E-state index contributed by atoms with van der Waals surface area (Å²) >= 11 is 0. The van der Waals surface area contributed by atoms with E-state index in [0.29, 0.717) is 30.1 Å². The van der Waals surface area contributed by atoms with Crippen LogP contribution in [0.3, 0.4) is 0 Å². The number of hydrogen-bond donors (Lipinski definition) is 5. The van der Waals surface area contributed by atoms with Crippen LogP contribution in [0.1, 0.15) is 39.5 Å². The van der Waals surface area contributed by atoms with Crippen LogP contribution < -0.4 is 21.7 Å². The summed E-state index contributed by atoms with van der Waals surface area (Å²) in [5.74, 6) is -0.595. The van der Waals surface area contributed by atoms with Crippen LogP contribution in [0.5, 0.6) is 0 Å². The second kappa shape index (κ2) is 8.31. The van der Waals surface area contributed by atoms with Gasteiger partial charge in [0.1, 0.15) is 17.0 Å².